The van der Waals surface area contributed by atoms with Gasteiger partial charge < -0.3 is 5.32 Å². The lowest BCUT2D eigenvalue weighted by atomic mass is 10.2. The van der Waals surface area contributed by atoms with Crippen LogP contribution in [0.3, 0.4) is 0 Å². The lowest BCUT2D eigenvalue weighted by Gasteiger charge is -2.07. The minimum Gasteiger partial charge on any atom is -0.351 e. The van der Waals surface area contributed by atoms with Crippen LogP contribution in [0, 0.1) is 13.8 Å². The molecular weight excluding hydrogens is 397 g/mol. The Hall–Kier alpha value is -1.34. The summed E-state index contributed by atoms with van der Waals surface area (Å²) in [6.45, 7) is 4.49. The molecule has 2 aromatic heterocycles. The van der Waals surface area contributed by atoms with Gasteiger partial charge in [0, 0.05) is 26.9 Å². The lowest BCUT2D eigenvalue weighted by molar-refractivity contribution is -0.118. The van der Waals surface area contributed by atoms with E-state index in [2.05, 4.69) is 29.1 Å². The van der Waals surface area contributed by atoms with Crippen molar-refractivity contribution in [2.75, 3.05) is 5.75 Å². The highest BCUT2D eigenvalue weighted by Crippen LogP contribution is 2.34. The molecule has 0 aliphatic carbocycles. The summed E-state index contributed by atoms with van der Waals surface area (Å²) in [5.41, 5.74) is 2.01. The monoisotopic (exact) mass is 411 g/mol. The summed E-state index contributed by atoms with van der Waals surface area (Å²) < 4.78 is 0. The maximum atomic E-state index is 12.2. The number of benzene rings is 1. The predicted octanol–water partition coefficient (Wildman–Crippen LogP) is 5.02. The fourth-order valence-corrected chi connectivity index (χ4v) is 4.73. The van der Waals surface area contributed by atoms with Crippen LogP contribution in [0.1, 0.15) is 16.0 Å². The van der Waals surface area contributed by atoms with Gasteiger partial charge in [0.05, 0.1) is 5.75 Å². The van der Waals surface area contributed by atoms with Crippen LogP contribution in [-0.2, 0) is 11.3 Å². The summed E-state index contributed by atoms with van der Waals surface area (Å²) in [6.07, 6.45) is 1.55. The van der Waals surface area contributed by atoms with E-state index in [9.17, 15) is 4.79 Å². The molecule has 0 aliphatic rings. The van der Waals surface area contributed by atoms with Crippen LogP contribution >= 0.6 is 46.3 Å². The van der Waals surface area contributed by atoms with Crippen molar-refractivity contribution in [3.63, 3.8) is 0 Å². The van der Waals surface area contributed by atoms with Crippen molar-refractivity contribution in [3.05, 3.63) is 50.6 Å². The minimum absolute atomic E-state index is 0.0765. The number of carbonyl (C=O) groups excluding carboxylic acids is 1. The molecule has 1 amide bonds. The third-order valence-electron chi connectivity index (χ3n) is 3.76. The van der Waals surface area contributed by atoms with Gasteiger partial charge in [-0.3, -0.25) is 4.79 Å². The van der Waals surface area contributed by atoms with Gasteiger partial charge in [0.15, 0.2) is 0 Å². The Morgan fingerprint density at radius 1 is 1.28 bits per heavy atom. The number of aromatic nitrogens is 2. The van der Waals surface area contributed by atoms with Crippen LogP contribution in [0.25, 0.3) is 10.2 Å². The number of hydrogen-bond donors (Lipinski definition) is 1. The average Bonchev–Trinajstić information content (AvgIpc) is 2.87. The number of hydrogen-bond acceptors (Lipinski definition) is 5. The van der Waals surface area contributed by atoms with E-state index in [0.717, 1.165) is 20.8 Å². The Morgan fingerprint density at radius 3 is 2.84 bits per heavy atom. The molecule has 0 atom stereocenters. The highest BCUT2D eigenvalue weighted by Gasteiger charge is 2.13. The summed E-state index contributed by atoms with van der Waals surface area (Å²) in [5, 5.41) is 5.87. The maximum Gasteiger partial charge on any atom is 0.230 e. The summed E-state index contributed by atoms with van der Waals surface area (Å²) in [7, 11) is 0. The second kappa shape index (κ2) is 7.91. The molecule has 2 heterocycles. The van der Waals surface area contributed by atoms with E-state index in [4.69, 9.17) is 23.2 Å². The fourth-order valence-electron chi connectivity index (χ4n) is 2.30. The quantitative estimate of drug-likeness (QED) is 0.472. The molecule has 3 aromatic rings. The Kier molecular flexibility index (Phi) is 5.84. The Balaban J connectivity index is 1.63. The van der Waals surface area contributed by atoms with Gasteiger partial charge in [-0.05, 0) is 37.1 Å². The zero-order chi connectivity index (χ0) is 18.0. The van der Waals surface area contributed by atoms with Gasteiger partial charge in [0.1, 0.15) is 16.2 Å². The van der Waals surface area contributed by atoms with Crippen molar-refractivity contribution in [3.8, 4) is 0 Å². The van der Waals surface area contributed by atoms with Gasteiger partial charge in [-0.1, -0.05) is 41.0 Å². The number of thioether (sulfide) groups is 1. The van der Waals surface area contributed by atoms with Gasteiger partial charge in [0.25, 0.3) is 0 Å². The molecule has 25 heavy (non-hydrogen) atoms. The van der Waals surface area contributed by atoms with E-state index in [-0.39, 0.29) is 11.7 Å². The molecular formula is C17H15Cl2N3OS2. The number of thiophene rings is 1. The van der Waals surface area contributed by atoms with Crippen molar-refractivity contribution < 1.29 is 4.79 Å². The molecule has 0 unspecified atom stereocenters. The summed E-state index contributed by atoms with van der Waals surface area (Å²) >= 11 is 15.1. The molecule has 1 N–H and O–H groups in total. The van der Waals surface area contributed by atoms with Gasteiger partial charge >= 0.3 is 0 Å². The maximum absolute atomic E-state index is 12.2. The first-order valence-electron chi connectivity index (χ1n) is 7.50. The highest BCUT2D eigenvalue weighted by atomic mass is 35.5. The van der Waals surface area contributed by atoms with Crippen LogP contribution < -0.4 is 5.32 Å². The third-order valence-corrected chi connectivity index (χ3v) is 6.45. The van der Waals surface area contributed by atoms with Crippen LogP contribution in [0.15, 0.2) is 29.6 Å². The fraction of sp³-hybridized carbons (Fsp3) is 0.235. The predicted molar refractivity (Wildman–Crippen MR) is 106 cm³/mol. The number of nitrogens with one attached hydrogen (secondary N) is 1. The smallest absolute Gasteiger partial charge is 0.230 e. The number of fused-ring (bicyclic) bond motifs is 1. The zero-order valence-corrected chi connectivity index (χ0v) is 16.7. The largest absolute Gasteiger partial charge is 0.351 e. The summed E-state index contributed by atoms with van der Waals surface area (Å²) in [4.78, 5) is 23.0. The Morgan fingerprint density at radius 2 is 2.08 bits per heavy atom. The number of carbonyl (C=O) groups is 1. The zero-order valence-electron chi connectivity index (χ0n) is 13.6. The summed E-state index contributed by atoms with van der Waals surface area (Å²) in [5.74, 6) is 0.207. The SMILES string of the molecule is Cc1sc2ncnc(SCC(=O)NCc3ccc(Cl)cc3Cl)c2c1C. The number of halogens is 2. The molecule has 0 radical (unpaired) electrons. The molecule has 0 spiro atoms. The molecule has 0 aliphatic heterocycles. The van der Waals surface area contributed by atoms with E-state index in [1.54, 1.807) is 29.8 Å². The van der Waals surface area contributed by atoms with Crippen molar-refractivity contribution in [2.45, 2.75) is 25.4 Å². The number of amides is 1. The molecule has 130 valence electrons. The van der Waals surface area contributed by atoms with Crippen LogP contribution in [0.5, 0.6) is 0 Å². The first kappa shape index (κ1) is 18.5. The first-order valence-corrected chi connectivity index (χ1v) is 10.1. The Labute approximate surface area is 164 Å². The van der Waals surface area contributed by atoms with Crippen LogP contribution in [0.2, 0.25) is 10.0 Å². The molecule has 3 rings (SSSR count). The van der Waals surface area contributed by atoms with Crippen molar-refractivity contribution >= 4 is 62.4 Å². The molecule has 0 saturated heterocycles. The molecule has 1 aromatic carbocycles. The number of nitrogens with zero attached hydrogens (tertiary/aromatic N) is 2. The molecule has 0 bridgehead atoms. The van der Waals surface area contributed by atoms with Crippen molar-refractivity contribution in [1.82, 2.24) is 15.3 Å². The second-order valence-electron chi connectivity index (χ2n) is 5.44. The standard InChI is InChI=1S/C17H15Cl2N3OS2/c1-9-10(2)25-17-15(9)16(21-8-22-17)24-7-14(23)20-6-11-3-4-12(18)5-13(11)19/h3-5,8H,6-7H2,1-2H3,(H,20,23). The van der Waals surface area contributed by atoms with Gasteiger partial charge in [-0.25, -0.2) is 9.97 Å². The van der Waals surface area contributed by atoms with Crippen LogP contribution in [-0.4, -0.2) is 21.6 Å². The topological polar surface area (TPSA) is 54.9 Å². The van der Waals surface area contributed by atoms with Gasteiger partial charge in [0.2, 0.25) is 5.91 Å². The Bertz CT molecular complexity index is 943. The first-order chi connectivity index (χ1) is 12.0. The molecule has 0 fully saturated rings. The average molecular weight is 412 g/mol. The third kappa shape index (κ3) is 4.26. The number of rotatable bonds is 5. The molecule has 8 heteroatoms. The highest BCUT2D eigenvalue weighted by molar-refractivity contribution is 8.00. The lowest BCUT2D eigenvalue weighted by Crippen LogP contribution is -2.24. The normalized spacial score (nSPS) is 11.0. The van der Waals surface area contributed by atoms with Gasteiger partial charge in [-0.2, -0.15) is 0 Å². The van der Waals surface area contributed by atoms with E-state index in [1.165, 1.54) is 22.2 Å². The van der Waals surface area contributed by atoms with E-state index < -0.39 is 0 Å². The van der Waals surface area contributed by atoms with Gasteiger partial charge in [-0.15, -0.1) is 11.3 Å². The molecule has 0 saturated carbocycles. The van der Waals surface area contributed by atoms with E-state index >= 15 is 0 Å². The minimum atomic E-state index is -0.0765. The number of aryl methyl sites for hydroxylation is 2. The molecule has 4 nitrogen and oxygen atoms in total. The van der Waals surface area contributed by atoms with E-state index in [1.807, 2.05) is 6.07 Å². The second-order valence-corrected chi connectivity index (χ2v) is 8.45. The summed E-state index contributed by atoms with van der Waals surface area (Å²) in [6, 6.07) is 5.23. The van der Waals surface area contributed by atoms with Crippen molar-refractivity contribution in [2.24, 2.45) is 0 Å². The van der Waals surface area contributed by atoms with Crippen LogP contribution in [0.4, 0.5) is 0 Å². The van der Waals surface area contributed by atoms with E-state index in [0.29, 0.717) is 16.6 Å². The van der Waals surface area contributed by atoms with Crippen molar-refractivity contribution in [1.29, 1.82) is 0 Å².